The summed E-state index contributed by atoms with van der Waals surface area (Å²) < 4.78 is 0. The molecule has 0 saturated heterocycles. The zero-order valence-electron chi connectivity index (χ0n) is 8.79. The van der Waals surface area contributed by atoms with Crippen molar-refractivity contribution < 1.29 is 4.79 Å². The van der Waals surface area contributed by atoms with Gasteiger partial charge in [-0.25, -0.2) is 5.32 Å². The van der Waals surface area contributed by atoms with Crippen molar-refractivity contribution in [1.82, 2.24) is 5.32 Å². The predicted molar refractivity (Wildman–Crippen MR) is 60.5 cm³/mol. The van der Waals surface area contributed by atoms with Crippen LogP contribution in [0.2, 0.25) is 0 Å². The Morgan fingerprint density at radius 2 is 2.33 bits per heavy atom. The summed E-state index contributed by atoms with van der Waals surface area (Å²) in [5.74, 6) is -0.159. The van der Waals surface area contributed by atoms with E-state index < -0.39 is 0 Å². The summed E-state index contributed by atoms with van der Waals surface area (Å²) >= 11 is 0. The van der Waals surface area contributed by atoms with Gasteiger partial charge in [0.05, 0.1) is 0 Å². The van der Waals surface area contributed by atoms with Crippen LogP contribution in [0.15, 0.2) is 23.8 Å². The first-order chi connectivity index (χ1) is 7.22. The summed E-state index contributed by atoms with van der Waals surface area (Å²) in [4.78, 5) is 11.7. The van der Waals surface area contributed by atoms with Gasteiger partial charge in [0.15, 0.2) is 0 Å². The van der Waals surface area contributed by atoms with Crippen LogP contribution in [-0.2, 0) is 6.42 Å². The van der Waals surface area contributed by atoms with Crippen LogP contribution in [0.3, 0.4) is 0 Å². The fourth-order valence-corrected chi connectivity index (χ4v) is 1.91. The van der Waals surface area contributed by atoms with Crippen LogP contribution in [0.1, 0.15) is 28.4 Å². The Morgan fingerprint density at radius 3 is 3.07 bits per heavy atom. The summed E-state index contributed by atoms with van der Waals surface area (Å²) in [6.07, 6.45) is 3.02. The highest BCUT2D eigenvalue weighted by Crippen LogP contribution is 2.27. The number of nitrogens with zero attached hydrogens (tertiary/aromatic N) is 1. The summed E-state index contributed by atoms with van der Waals surface area (Å²) in [7, 11) is 0. The Balaban J connectivity index is 2.41. The van der Waals surface area contributed by atoms with E-state index in [0.717, 1.165) is 12.0 Å². The minimum atomic E-state index is -0.159. The molecule has 2 nitrogen and oxygen atoms in total. The van der Waals surface area contributed by atoms with Crippen LogP contribution in [0, 0.1) is 6.92 Å². The van der Waals surface area contributed by atoms with Gasteiger partial charge in [0.25, 0.3) is 5.91 Å². The number of allylic oxidation sites excluding steroid dienone is 1. The lowest BCUT2D eigenvalue weighted by Crippen LogP contribution is -2.16. The number of rotatable bonds is 2. The van der Waals surface area contributed by atoms with Gasteiger partial charge in [0, 0.05) is 12.1 Å². The molecule has 0 atom stereocenters. The van der Waals surface area contributed by atoms with E-state index >= 15 is 0 Å². The lowest BCUT2D eigenvalue weighted by Gasteiger charge is -2.05. The van der Waals surface area contributed by atoms with E-state index in [0.29, 0.717) is 12.1 Å². The van der Waals surface area contributed by atoms with Crippen molar-refractivity contribution in [2.75, 3.05) is 6.54 Å². The molecule has 76 valence electrons. The molecule has 0 aliphatic heterocycles. The summed E-state index contributed by atoms with van der Waals surface area (Å²) in [6, 6.07) is 5.80. The molecule has 0 saturated carbocycles. The van der Waals surface area contributed by atoms with Gasteiger partial charge in [-0.05, 0) is 37.5 Å². The number of carbonyl (C=O) groups is 1. The zero-order valence-corrected chi connectivity index (χ0v) is 8.79. The Labute approximate surface area is 90.0 Å². The maximum Gasteiger partial charge on any atom is 0.273 e. The highest BCUT2D eigenvalue weighted by Gasteiger charge is 2.17. The molecule has 2 rings (SSSR count). The third-order valence-electron chi connectivity index (χ3n) is 2.54. The molecule has 1 aliphatic carbocycles. The molecule has 2 heteroatoms. The Kier molecular flexibility index (Phi) is 2.58. The van der Waals surface area contributed by atoms with E-state index in [1.54, 1.807) is 0 Å². The third-order valence-corrected chi connectivity index (χ3v) is 2.54. The fraction of sp³-hybridized carbons (Fsp3) is 0.231. The molecule has 0 bridgehead atoms. The maximum absolute atomic E-state index is 11.7. The number of benzene rings is 1. The number of fused-ring (bicyclic) bond motifs is 1. The van der Waals surface area contributed by atoms with Crippen LogP contribution >= 0.6 is 0 Å². The van der Waals surface area contributed by atoms with Gasteiger partial charge < -0.3 is 0 Å². The third kappa shape index (κ3) is 1.80. The minimum Gasteiger partial charge on any atom is -0.267 e. The number of amides is 1. The second kappa shape index (κ2) is 3.89. The van der Waals surface area contributed by atoms with Gasteiger partial charge in [-0.15, -0.1) is 0 Å². The lowest BCUT2D eigenvalue weighted by molar-refractivity contribution is 0.0953. The largest absolute Gasteiger partial charge is 0.273 e. The zero-order chi connectivity index (χ0) is 10.8. The normalized spacial score (nSPS) is 13.3. The molecule has 2 radical (unpaired) electrons. The smallest absolute Gasteiger partial charge is 0.267 e. The SMILES string of the molecule is [CH2]C[N]C(=O)c1cccc2c1C=C(C)C2. The van der Waals surface area contributed by atoms with E-state index in [9.17, 15) is 4.79 Å². The Hall–Kier alpha value is -1.57. The van der Waals surface area contributed by atoms with Crippen molar-refractivity contribution >= 4 is 12.0 Å². The molecule has 0 spiro atoms. The number of hydrogen-bond donors (Lipinski definition) is 0. The molecule has 0 fully saturated rings. The van der Waals surface area contributed by atoms with Crippen molar-refractivity contribution in [1.29, 1.82) is 0 Å². The maximum atomic E-state index is 11.7. The second-order valence-electron chi connectivity index (χ2n) is 3.73. The van der Waals surface area contributed by atoms with Crippen LogP contribution in [0.4, 0.5) is 0 Å². The van der Waals surface area contributed by atoms with Crippen LogP contribution < -0.4 is 5.32 Å². The predicted octanol–water partition coefficient (Wildman–Crippen LogP) is 2.22. The van der Waals surface area contributed by atoms with Crippen molar-refractivity contribution in [3.05, 3.63) is 47.4 Å². The summed E-state index contributed by atoms with van der Waals surface area (Å²) in [6.45, 7) is 5.93. The van der Waals surface area contributed by atoms with E-state index in [4.69, 9.17) is 0 Å². The quantitative estimate of drug-likeness (QED) is 0.718. The molecule has 0 heterocycles. The van der Waals surface area contributed by atoms with E-state index in [1.807, 2.05) is 12.1 Å². The van der Waals surface area contributed by atoms with Crippen molar-refractivity contribution in [2.45, 2.75) is 13.3 Å². The molecular formula is C13H13NO. The topological polar surface area (TPSA) is 31.2 Å². The molecule has 0 unspecified atom stereocenters. The number of hydrogen-bond acceptors (Lipinski definition) is 1. The standard InChI is InChI=1S/C13H13NO/c1-3-14-13(15)11-6-4-5-10-7-9(2)8-12(10)11/h4-6,8H,1,3,7H2,2H3. The van der Waals surface area contributed by atoms with Crippen molar-refractivity contribution in [2.24, 2.45) is 0 Å². The highest BCUT2D eigenvalue weighted by atomic mass is 16.1. The van der Waals surface area contributed by atoms with Gasteiger partial charge in [-0.3, -0.25) is 4.79 Å². The van der Waals surface area contributed by atoms with Crippen LogP contribution in [0.5, 0.6) is 0 Å². The average molecular weight is 199 g/mol. The van der Waals surface area contributed by atoms with E-state index in [-0.39, 0.29) is 5.91 Å². The molecule has 0 N–H and O–H groups in total. The highest BCUT2D eigenvalue weighted by molar-refractivity contribution is 5.98. The minimum absolute atomic E-state index is 0.159. The van der Waals surface area contributed by atoms with Gasteiger partial charge in [0.2, 0.25) is 0 Å². The van der Waals surface area contributed by atoms with Gasteiger partial charge in [-0.2, -0.15) is 0 Å². The lowest BCUT2D eigenvalue weighted by atomic mass is 10.0. The number of carbonyl (C=O) groups excluding carboxylic acids is 1. The molecule has 0 aromatic heterocycles. The fourth-order valence-electron chi connectivity index (χ4n) is 1.91. The van der Waals surface area contributed by atoms with Gasteiger partial charge >= 0.3 is 0 Å². The Bertz CT molecular complexity index is 432. The average Bonchev–Trinajstić information content (AvgIpc) is 2.57. The molecule has 1 aliphatic rings. The first-order valence-corrected chi connectivity index (χ1v) is 5.02. The van der Waals surface area contributed by atoms with Crippen molar-refractivity contribution in [3.63, 3.8) is 0 Å². The van der Waals surface area contributed by atoms with Gasteiger partial charge in [0.1, 0.15) is 0 Å². The first-order valence-electron chi connectivity index (χ1n) is 5.02. The van der Waals surface area contributed by atoms with E-state index in [2.05, 4.69) is 31.3 Å². The summed E-state index contributed by atoms with van der Waals surface area (Å²) in [5, 5.41) is 3.82. The van der Waals surface area contributed by atoms with Crippen LogP contribution in [-0.4, -0.2) is 12.5 Å². The molecule has 1 amide bonds. The van der Waals surface area contributed by atoms with E-state index in [1.165, 1.54) is 11.1 Å². The molecule has 15 heavy (non-hydrogen) atoms. The van der Waals surface area contributed by atoms with Crippen molar-refractivity contribution in [3.8, 4) is 0 Å². The molecular weight excluding hydrogens is 186 g/mol. The van der Waals surface area contributed by atoms with Crippen LogP contribution in [0.25, 0.3) is 6.08 Å². The monoisotopic (exact) mass is 199 g/mol. The first kappa shape index (κ1) is 9.97. The molecule has 1 aromatic carbocycles. The Morgan fingerprint density at radius 1 is 1.53 bits per heavy atom. The second-order valence-corrected chi connectivity index (χ2v) is 3.73. The molecule has 1 aromatic rings. The van der Waals surface area contributed by atoms with Gasteiger partial charge in [-0.1, -0.05) is 23.8 Å². The summed E-state index contributed by atoms with van der Waals surface area (Å²) in [5.41, 5.74) is 4.25.